The highest BCUT2D eigenvalue weighted by Crippen LogP contribution is 2.13. The predicted molar refractivity (Wildman–Crippen MR) is 59.8 cm³/mol. The van der Waals surface area contributed by atoms with E-state index in [1.54, 1.807) is 19.1 Å². The van der Waals surface area contributed by atoms with E-state index in [0.717, 1.165) is 5.56 Å². The molecule has 84 valence electrons. The van der Waals surface area contributed by atoms with Crippen molar-refractivity contribution in [1.82, 2.24) is 5.32 Å². The molecule has 0 radical (unpaired) electrons. The van der Waals surface area contributed by atoms with Crippen LogP contribution in [0.2, 0.25) is 0 Å². The minimum absolute atomic E-state index is 0.0566. The molecule has 0 aliphatic heterocycles. The van der Waals surface area contributed by atoms with Crippen molar-refractivity contribution >= 4 is 5.97 Å². The molecule has 0 aliphatic carbocycles. The molecule has 1 rings (SSSR count). The van der Waals surface area contributed by atoms with Gasteiger partial charge in [0.1, 0.15) is 6.04 Å². The van der Waals surface area contributed by atoms with Crippen molar-refractivity contribution in [3.8, 4) is 6.07 Å². The summed E-state index contributed by atoms with van der Waals surface area (Å²) in [6.45, 7) is 3.49. The SMILES string of the molecule is C[C@H](N[C@H](C)C(=O)O)c1ccc(C#N)cc1. The smallest absolute Gasteiger partial charge is 0.320 e. The van der Waals surface area contributed by atoms with Crippen LogP contribution < -0.4 is 5.32 Å². The van der Waals surface area contributed by atoms with E-state index in [4.69, 9.17) is 10.4 Å². The van der Waals surface area contributed by atoms with Gasteiger partial charge in [0, 0.05) is 6.04 Å². The number of nitriles is 1. The van der Waals surface area contributed by atoms with Gasteiger partial charge in [0.05, 0.1) is 11.6 Å². The Bertz CT molecular complexity index is 406. The van der Waals surface area contributed by atoms with Crippen molar-refractivity contribution in [2.24, 2.45) is 0 Å². The van der Waals surface area contributed by atoms with E-state index >= 15 is 0 Å². The Balaban J connectivity index is 2.70. The topological polar surface area (TPSA) is 73.1 Å². The first kappa shape index (κ1) is 12.2. The number of nitrogens with zero attached hydrogens (tertiary/aromatic N) is 1. The highest BCUT2D eigenvalue weighted by atomic mass is 16.4. The van der Waals surface area contributed by atoms with E-state index in [1.165, 1.54) is 0 Å². The van der Waals surface area contributed by atoms with Crippen molar-refractivity contribution in [3.63, 3.8) is 0 Å². The molecule has 0 fully saturated rings. The summed E-state index contributed by atoms with van der Waals surface area (Å²) < 4.78 is 0. The maximum Gasteiger partial charge on any atom is 0.320 e. The number of benzene rings is 1. The average Bonchev–Trinajstić information content (AvgIpc) is 2.28. The van der Waals surface area contributed by atoms with Crippen LogP contribution in [0.1, 0.15) is 31.0 Å². The molecule has 0 heterocycles. The number of carboxylic acids is 1. The monoisotopic (exact) mass is 218 g/mol. The summed E-state index contributed by atoms with van der Waals surface area (Å²) in [6.07, 6.45) is 0. The number of nitrogens with one attached hydrogen (secondary N) is 1. The van der Waals surface area contributed by atoms with Gasteiger partial charge in [-0.3, -0.25) is 10.1 Å². The van der Waals surface area contributed by atoms with Gasteiger partial charge in [-0.25, -0.2) is 0 Å². The second-order valence-corrected chi connectivity index (χ2v) is 3.68. The van der Waals surface area contributed by atoms with Crippen molar-refractivity contribution in [2.75, 3.05) is 0 Å². The molecule has 2 atom stereocenters. The Morgan fingerprint density at radius 3 is 2.38 bits per heavy atom. The van der Waals surface area contributed by atoms with Crippen LogP contribution in [0.5, 0.6) is 0 Å². The molecule has 0 aliphatic rings. The first-order chi connectivity index (χ1) is 7.54. The fraction of sp³-hybridized carbons (Fsp3) is 0.333. The number of rotatable bonds is 4. The molecular formula is C12H14N2O2. The zero-order valence-electron chi connectivity index (χ0n) is 9.27. The lowest BCUT2D eigenvalue weighted by Gasteiger charge is -2.17. The van der Waals surface area contributed by atoms with Crippen LogP contribution >= 0.6 is 0 Å². The van der Waals surface area contributed by atoms with Gasteiger partial charge >= 0.3 is 5.97 Å². The molecule has 4 heteroatoms. The van der Waals surface area contributed by atoms with Crippen LogP contribution in [0.15, 0.2) is 24.3 Å². The van der Waals surface area contributed by atoms with E-state index in [-0.39, 0.29) is 6.04 Å². The highest BCUT2D eigenvalue weighted by molar-refractivity contribution is 5.72. The Kier molecular flexibility index (Phi) is 4.03. The Morgan fingerprint density at radius 2 is 1.94 bits per heavy atom. The van der Waals surface area contributed by atoms with Crippen LogP contribution in [0, 0.1) is 11.3 Å². The molecule has 0 spiro atoms. The molecule has 2 N–H and O–H groups in total. The highest BCUT2D eigenvalue weighted by Gasteiger charge is 2.14. The first-order valence-corrected chi connectivity index (χ1v) is 5.03. The molecule has 1 aromatic carbocycles. The van der Waals surface area contributed by atoms with E-state index in [9.17, 15) is 4.79 Å². The minimum Gasteiger partial charge on any atom is -0.480 e. The summed E-state index contributed by atoms with van der Waals surface area (Å²) in [5, 5.41) is 20.3. The number of carbonyl (C=O) groups is 1. The first-order valence-electron chi connectivity index (χ1n) is 5.03. The molecule has 1 aromatic rings. The van der Waals surface area contributed by atoms with Crippen LogP contribution in [0.4, 0.5) is 0 Å². The molecule has 4 nitrogen and oxygen atoms in total. The fourth-order valence-electron chi connectivity index (χ4n) is 1.39. The summed E-state index contributed by atoms with van der Waals surface area (Å²) in [7, 11) is 0. The molecule has 0 saturated heterocycles. The number of aliphatic carboxylic acids is 1. The van der Waals surface area contributed by atoms with E-state index in [1.807, 2.05) is 25.1 Å². The van der Waals surface area contributed by atoms with Crippen LogP contribution in [-0.2, 0) is 4.79 Å². The summed E-state index contributed by atoms with van der Waals surface area (Å²) in [4.78, 5) is 10.7. The number of carboxylic acid groups (broad SMARTS) is 1. The second kappa shape index (κ2) is 5.29. The summed E-state index contributed by atoms with van der Waals surface area (Å²) in [5.74, 6) is -0.875. The van der Waals surface area contributed by atoms with Crippen molar-refractivity contribution in [1.29, 1.82) is 5.26 Å². The fourth-order valence-corrected chi connectivity index (χ4v) is 1.39. The number of hydrogen-bond acceptors (Lipinski definition) is 3. The zero-order valence-corrected chi connectivity index (χ0v) is 9.27. The van der Waals surface area contributed by atoms with Gasteiger partial charge in [-0.1, -0.05) is 12.1 Å². The van der Waals surface area contributed by atoms with Gasteiger partial charge in [-0.15, -0.1) is 0 Å². The molecule has 16 heavy (non-hydrogen) atoms. The van der Waals surface area contributed by atoms with E-state index in [0.29, 0.717) is 5.56 Å². The van der Waals surface area contributed by atoms with Crippen molar-refractivity contribution < 1.29 is 9.90 Å². The lowest BCUT2D eigenvalue weighted by molar-refractivity contribution is -0.139. The van der Waals surface area contributed by atoms with Gasteiger partial charge in [0.25, 0.3) is 0 Å². The maximum absolute atomic E-state index is 10.7. The molecule has 0 bridgehead atoms. The second-order valence-electron chi connectivity index (χ2n) is 3.68. The van der Waals surface area contributed by atoms with Crippen LogP contribution in [0.25, 0.3) is 0 Å². The van der Waals surface area contributed by atoms with Gasteiger partial charge in [-0.05, 0) is 31.5 Å². The van der Waals surface area contributed by atoms with Gasteiger partial charge in [0.2, 0.25) is 0 Å². The molecule has 0 amide bonds. The van der Waals surface area contributed by atoms with Gasteiger partial charge < -0.3 is 5.11 Å². The van der Waals surface area contributed by atoms with Crippen molar-refractivity contribution in [2.45, 2.75) is 25.9 Å². The van der Waals surface area contributed by atoms with Crippen molar-refractivity contribution in [3.05, 3.63) is 35.4 Å². The standard InChI is InChI=1S/C12H14N2O2/c1-8(14-9(2)12(15)16)11-5-3-10(7-13)4-6-11/h3-6,8-9,14H,1-2H3,(H,15,16)/t8-,9+/m0/s1. The maximum atomic E-state index is 10.7. The van der Waals surface area contributed by atoms with Crippen LogP contribution in [-0.4, -0.2) is 17.1 Å². The third-order valence-electron chi connectivity index (χ3n) is 2.41. The summed E-state index contributed by atoms with van der Waals surface area (Å²) in [6, 6.07) is 8.48. The third kappa shape index (κ3) is 3.07. The Hall–Kier alpha value is -1.86. The Labute approximate surface area is 94.5 Å². The Morgan fingerprint density at radius 1 is 1.38 bits per heavy atom. The lowest BCUT2D eigenvalue weighted by Crippen LogP contribution is -2.35. The molecule has 0 unspecified atom stereocenters. The minimum atomic E-state index is -0.875. The average molecular weight is 218 g/mol. The molecule has 0 aromatic heterocycles. The molecule has 0 saturated carbocycles. The summed E-state index contributed by atoms with van der Waals surface area (Å²) >= 11 is 0. The summed E-state index contributed by atoms with van der Waals surface area (Å²) in [5.41, 5.74) is 1.56. The van der Waals surface area contributed by atoms with Gasteiger partial charge in [0.15, 0.2) is 0 Å². The zero-order chi connectivity index (χ0) is 12.1. The quantitative estimate of drug-likeness (QED) is 0.806. The number of hydrogen-bond donors (Lipinski definition) is 2. The molecular weight excluding hydrogens is 204 g/mol. The van der Waals surface area contributed by atoms with E-state index < -0.39 is 12.0 Å². The largest absolute Gasteiger partial charge is 0.480 e. The third-order valence-corrected chi connectivity index (χ3v) is 2.41. The normalized spacial score (nSPS) is 13.8. The van der Waals surface area contributed by atoms with Crippen LogP contribution in [0.3, 0.4) is 0 Å². The lowest BCUT2D eigenvalue weighted by atomic mass is 10.1. The van der Waals surface area contributed by atoms with E-state index in [2.05, 4.69) is 5.32 Å². The predicted octanol–water partition coefficient (Wildman–Crippen LogP) is 1.68. The van der Waals surface area contributed by atoms with Gasteiger partial charge in [-0.2, -0.15) is 5.26 Å².